The van der Waals surface area contributed by atoms with Crippen molar-refractivity contribution in [3.05, 3.63) is 34.6 Å². The minimum absolute atomic E-state index is 0.177. The van der Waals surface area contributed by atoms with Gasteiger partial charge >= 0.3 is 6.18 Å². The molecular formula is C10H10ClF4N. The van der Waals surface area contributed by atoms with Gasteiger partial charge in [-0.3, -0.25) is 0 Å². The third-order valence-corrected chi connectivity index (χ3v) is 2.44. The second kappa shape index (κ2) is 5.01. The molecule has 0 aliphatic carbocycles. The van der Waals surface area contributed by atoms with Crippen LogP contribution >= 0.6 is 11.6 Å². The molecule has 1 unspecified atom stereocenters. The van der Waals surface area contributed by atoms with Crippen molar-refractivity contribution in [2.24, 2.45) is 5.73 Å². The van der Waals surface area contributed by atoms with E-state index < -0.39 is 24.5 Å². The third kappa shape index (κ3) is 3.98. The summed E-state index contributed by atoms with van der Waals surface area (Å²) in [7, 11) is 0. The normalized spacial score (nSPS) is 13.9. The molecule has 0 aliphatic heterocycles. The first-order valence-electron chi connectivity index (χ1n) is 4.57. The Labute approximate surface area is 95.2 Å². The van der Waals surface area contributed by atoms with Crippen LogP contribution in [0.1, 0.15) is 24.4 Å². The zero-order valence-corrected chi connectivity index (χ0v) is 8.95. The lowest BCUT2D eigenvalue weighted by Gasteiger charge is -2.14. The summed E-state index contributed by atoms with van der Waals surface area (Å²) in [6.45, 7) is 0. The number of hydrogen-bond acceptors (Lipinski definition) is 1. The minimum Gasteiger partial charge on any atom is -0.324 e. The molecule has 2 N–H and O–H groups in total. The molecule has 0 heterocycles. The fraction of sp³-hybridized carbons (Fsp3) is 0.400. The number of rotatable bonds is 3. The lowest BCUT2D eigenvalue weighted by Crippen LogP contribution is -2.16. The van der Waals surface area contributed by atoms with Crippen LogP contribution in [0.4, 0.5) is 17.6 Å². The zero-order chi connectivity index (χ0) is 12.3. The van der Waals surface area contributed by atoms with Crippen LogP contribution in [-0.2, 0) is 0 Å². The van der Waals surface area contributed by atoms with Gasteiger partial charge < -0.3 is 5.73 Å². The van der Waals surface area contributed by atoms with Crippen LogP contribution in [0.3, 0.4) is 0 Å². The van der Waals surface area contributed by atoms with Crippen molar-refractivity contribution in [1.82, 2.24) is 0 Å². The number of hydrogen-bond donors (Lipinski definition) is 1. The van der Waals surface area contributed by atoms with E-state index in [-0.39, 0.29) is 17.0 Å². The number of nitrogens with two attached hydrogens (primary N) is 1. The first-order chi connectivity index (χ1) is 7.29. The highest BCUT2D eigenvalue weighted by Gasteiger charge is 2.28. The molecule has 1 rings (SSSR count). The first kappa shape index (κ1) is 13.3. The summed E-state index contributed by atoms with van der Waals surface area (Å²) in [6.07, 6.45) is -5.59. The van der Waals surface area contributed by atoms with Gasteiger partial charge in [-0.15, -0.1) is 0 Å². The molecule has 0 spiro atoms. The van der Waals surface area contributed by atoms with Gasteiger partial charge in [0.2, 0.25) is 0 Å². The summed E-state index contributed by atoms with van der Waals surface area (Å²) in [4.78, 5) is 0. The molecule has 0 saturated carbocycles. The SMILES string of the molecule is NC(CCC(F)(F)F)c1cc(F)ccc1Cl. The second-order valence-electron chi connectivity index (χ2n) is 3.43. The first-order valence-corrected chi connectivity index (χ1v) is 4.94. The minimum atomic E-state index is -4.27. The van der Waals surface area contributed by atoms with Crippen molar-refractivity contribution >= 4 is 11.6 Å². The quantitative estimate of drug-likeness (QED) is 0.817. The van der Waals surface area contributed by atoms with E-state index in [1.165, 1.54) is 6.07 Å². The Morgan fingerprint density at radius 1 is 1.31 bits per heavy atom. The molecule has 16 heavy (non-hydrogen) atoms. The Morgan fingerprint density at radius 2 is 1.94 bits per heavy atom. The fourth-order valence-corrected chi connectivity index (χ4v) is 1.53. The van der Waals surface area contributed by atoms with Crippen molar-refractivity contribution in [2.45, 2.75) is 25.1 Å². The molecule has 0 bridgehead atoms. The van der Waals surface area contributed by atoms with Crippen LogP contribution in [0.15, 0.2) is 18.2 Å². The van der Waals surface area contributed by atoms with E-state index in [1.807, 2.05) is 0 Å². The predicted octanol–water partition coefficient (Wildman–Crippen LogP) is 3.82. The van der Waals surface area contributed by atoms with E-state index in [2.05, 4.69) is 0 Å². The summed E-state index contributed by atoms with van der Waals surface area (Å²) >= 11 is 5.71. The maximum atomic E-state index is 12.8. The molecule has 1 nitrogen and oxygen atoms in total. The van der Waals surface area contributed by atoms with E-state index in [1.54, 1.807) is 0 Å². The fourth-order valence-electron chi connectivity index (χ4n) is 1.27. The van der Waals surface area contributed by atoms with Gasteiger partial charge in [-0.2, -0.15) is 13.2 Å². The van der Waals surface area contributed by atoms with Crippen molar-refractivity contribution in [3.63, 3.8) is 0 Å². The summed E-state index contributed by atoms with van der Waals surface area (Å²) in [6, 6.07) is 2.55. The van der Waals surface area contributed by atoms with E-state index >= 15 is 0 Å². The van der Waals surface area contributed by atoms with E-state index in [4.69, 9.17) is 17.3 Å². The lowest BCUT2D eigenvalue weighted by atomic mass is 10.0. The van der Waals surface area contributed by atoms with Crippen molar-refractivity contribution in [1.29, 1.82) is 0 Å². The molecule has 0 saturated heterocycles. The summed E-state index contributed by atoms with van der Waals surface area (Å²) in [5.41, 5.74) is 5.72. The van der Waals surface area contributed by atoms with Crippen molar-refractivity contribution in [2.75, 3.05) is 0 Å². The molecule has 1 atom stereocenters. The molecule has 6 heteroatoms. The van der Waals surface area contributed by atoms with Gasteiger partial charge in [-0.1, -0.05) is 11.6 Å². The Kier molecular flexibility index (Phi) is 4.15. The highest BCUT2D eigenvalue weighted by molar-refractivity contribution is 6.31. The molecule has 0 aliphatic rings. The zero-order valence-electron chi connectivity index (χ0n) is 8.19. The van der Waals surface area contributed by atoms with Gasteiger partial charge in [-0.05, 0) is 30.2 Å². The van der Waals surface area contributed by atoms with Gasteiger partial charge in [0.05, 0.1) is 0 Å². The van der Waals surface area contributed by atoms with Crippen molar-refractivity contribution < 1.29 is 17.6 Å². The maximum absolute atomic E-state index is 12.8. The molecule has 0 aromatic heterocycles. The Bertz CT molecular complexity index is 364. The largest absolute Gasteiger partial charge is 0.389 e. The van der Waals surface area contributed by atoms with E-state index in [0.717, 1.165) is 12.1 Å². The van der Waals surface area contributed by atoms with Gasteiger partial charge in [-0.25, -0.2) is 4.39 Å². The molecule has 0 amide bonds. The summed E-state index contributed by atoms with van der Waals surface area (Å²) in [5.74, 6) is -0.568. The molecule has 1 aromatic rings. The third-order valence-electron chi connectivity index (χ3n) is 2.10. The van der Waals surface area contributed by atoms with Crippen LogP contribution in [0.2, 0.25) is 5.02 Å². The van der Waals surface area contributed by atoms with Crippen LogP contribution in [-0.4, -0.2) is 6.18 Å². The van der Waals surface area contributed by atoms with E-state index in [0.29, 0.717) is 0 Å². The highest BCUT2D eigenvalue weighted by atomic mass is 35.5. The maximum Gasteiger partial charge on any atom is 0.389 e. The van der Waals surface area contributed by atoms with Gasteiger partial charge in [0.25, 0.3) is 0 Å². The highest BCUT2D eigenvalue weighted by Crippen LogP contribution is 2.29. The van der Waals surface area contributed by atoms with Crippen LogP contribution in [0.5, 0.6) is 0 Å². The monoisotopic (exact) mass is 255 g/mol. The topological polar surface area (TPSA) is 26.0 Å². The van der Waals surface area contributed by atoms with Gasteiger partial charge in [0, 0.05) is 17.5 Å². The molecular weight excluding hydrogens is 246 g/mol. The molecule has 0 radical (unpaired) electrons. The van der Waals surface area contributed by atoms with Gasteiger partial charge in [0.1, 0.15) is 5.82 Å². The number of alkyl halides is 3. The standard InChI is InChI=1S/C10H10ClF4N/c11-8-2-1-6(12)5-7(8)9(16)3-4-10(13,14)15/h1-2,5,9H,3-4,16H2. The molecule has 90 valence electrons. The predicted molar refractivity (Wildman–Crippen MR) is 53.6 cm³/mol. The Morgan fingerprint density at radius 3 is 2.50 bits per heavy atom. The average Bonchev–Trinajstić information content (AvgIpc) is 2.17. The van der Waals surface area contributed by atoms with Gasteiger partial charge in [0.15, 0.2) is 0 Å². The second-order valence-corrected chi connectivity index (χ2v) is 3.83. The number of benzene rings is 1. The summed E-state index contributed by atoms with van der Waals surface area (Å²) in [5, 5.41) is 0.177. The molecule has 0 fully saturated rings. The van der Waals surface area contributed by atoms with Crippen LogP contribution < -0.4 is 5.73 Å². The molecule has 1 aromatic carbocycles. The smallest absolute Gasteiger partial charge is 0.324 e. The Balaban J connectivity index is 2.73. The van der Waals surface area contributed by atoms with Crippen LogP contribution in [0, 0.1) is 5.82 Å². The number of halogens is 5. The van der Waals surface area contributed by atoms with E-state index in [9.17, 15) is 17.6 Å². The van der Waals surface area contributed by atoms with Crippen molar-refractivity contribution in [3.8, 4) is 0 Å². The summed E-state index contributed by atoms with van der Waals surface area (Å²) < 4.78 is 48.7. The average molecular weight is 256 g/mol. The lowest BCUT2D eigenvalue weighted by molar-refractivity contribution is -0.136. The Hall–Kier alpha value is -0.810. The van der Waals surface area contributed by atoms with Crippen LogP contribution in [0.25, 0.3) is 0 Å².